The standard InChI is InChI=1S/C21H24N4O/c1-25(2)19(13-14-22)24-21(26)18(15-23)20(16-9-5-3-6-10-16)17-11-7-4-8-12-17/h3-12,19H,13-14,22H2,1-2H3,(H,24,26). The van der Waals surface area contributed by atoms with Crippen LogP contribution in [0.1, 0.15) is 17.5 Å². The predicted molar refractivity (Wildman–Crippen MR) is 104 cm³/mol. The maximum atomic E-state index is 12.9. The zero-order valence-corrected chi connectivity index (χ0v) is 15.1. The number of rotatable bonds is 7. The topological polar surface area (TPSA) is 82.2 Å². The molecule has 0 saturated heterocycles. The summed E-state index contributed by atoms with van der Waals surface area (Å²) in [6.45, 7) is 0.443. The van der Waals surface area contributed by atoms with Crippen molar-refractivity contribution in [1.29, 1.82) is 5.26 Å². The summed E-state index contributed by atoms with van der Waals surface area (Å²) in [6, 6.07) is 21.1. The molecule has 0 aliphatic heterocycles. The molecule has 0 heterocycles. The van der Waals surface area contributed by atoms with Crippen LogP contribution >= 0.6 is 0 Å². The third-order valence-electron chi connectivity index (χ3n) is 4.07. The van der Waals surface area contributed by atoms with E-state index in [4.69, 9.17) is 5.73 Å². The summed E-state index contributed by atoms with van der Waals surface area (Å²) in [6.07, 6.45) is 0.368. The molecule has 26 heavy (non-hydrogen) atoms. The number of nitrogens with one attached hydrogen (secondary N) is 1. The summed E-state index contributed by atoms with van der Waals surface area (Å²) in [5, 5.41) is 12.7. The summed E-state index contributed by atoms with van der Waals surface area (Å²) in [7, 11) is 3.73. The van der Waals surface area contributed by atoms with Crippen LogP contribution in [0.4, 0.5) is 0 Å². The normalized spacial score (nSPS) is 11.5. The van der Waals surface area contributed by atoms with Crippen molar-refractivity contribution in [2.75, 3.05) is 20.6 Å². The van der Waals surface area contributed by atoms with Gasteiger partial charge < -0.3 is 11.1 Å². The second-order valence-corrected chi connectivity index (χ2v) is 6.12. The molecule has 0 saturated carbocycles. The maximum Gasteiger partial charge on any atom is 0.263 e. The molecule has 5 nitrogen and oxygen atoms in total. The Bertz CT molecular complexity index is 750. The van der Waals surface area contributed by atoms with E-state index >= 15 is 0 Å². The molecule has 0 radical (unpaired) electrons. The molecule has 0 fully saturated rings. The number of hydrogen-bond donors (Lipinski definition) is 2. The lowest BCUT2D eigenvalue weighted by molar-refractivity contribution is -0.118. The van der Waals surface area contributed by atoms with Crippen molar-refractivity contribution >= 4 is 11.5 Å². The van der Waals surface area contributed by atoms with Gasteiger partial charge in [0.05, 0.1) is 6.17 Å². The van der Waals surface area contributed by atoms with Gasteiger partial charge >= 0.3 is 0 Å². The van der Waals surface area contributed by atoms with Gasteiger partial charge in [0.2, 0.25) is 0 Å². The number of carbonyl (C=O) groups excluding carboxylic acids is 1. The third-order valence-corrected chi connectivity index (χ3v) is 4.07. The van der Waals surface area contributed by atoms with Gasteiger partial charge in [-0.3, -0.25) is 9.69 Å². The molecule has 0 aromatic heterocycles. The summed E-state index contributed by atoms with van der Waals surface area (Å²) in [4.78, 5) is 14.8. The van der Waals surface area contributed by atoms with E-state index in [0.717, 1.165) is 11.1 Å². The Hall–Kier alpha value is -2.94. The minimum Gasteiger partial charge on any atom is -0.336 e. The highest BCUT2D eigenvalue weighted by atomic mass is 16.1. The molecule has 1 amide bonds. The van der Waals surface area contributed by atoms with Gasteiger partial charge in [-0.15, -0.1) is 0 Å². The second-order valence-electron chi connectivity index (χ2n) is 6.12. The van der Waals surface area contributed by atoms with E-state index in [1.54, 1.807) is 0 Å². The lowest BCUT2D eigenvalue weighted by Crippen LogP contribution is -2.46. The number of nitriles is 1. The van der Waals surface area contributed by atoms with Crippen molar-refractivity contribution in [3.63, 3.8) is 0 Å². The van der Waals surface area contributed by atoms with Crippen LogP contribution in [-0.2, 0) is 4.79 Å². The monoisotopic (exact) mass is 348 g/mol. The fourth-order valence-electron chi connectivity index (χ4n) is 2.73. The summed E-state index contributed by atoms with van der Waals surface area (Å²) >= 11 is 0. The molecule has 2 aromatic rings. The van der Waals surface area contributed by atoms with Crippen LogP contribution < -0.4 is 11.1 Å². The smallest absolute Gasteiger partial charge is 0.263 e. The SMILES string of the molecule is CN(C)C(CCN)NC(=O)C(C#N)=C(c1ccccc1)c1ccccc1. The quantitative estimate of drug-likeness (QED) is 0.457. The van der Waals surface area contributed by atoms with E-state index in [1.165, 1.54) is 0 Å². The first-order chi connectivity index (χ1) is 12.6. The Balaban J connectivity index is 2.52. The Kier molecular flexibility index (Phi) is 7.10. The van der Waals surface area contributed by atoms with Crippen LogP contribution in [0.15, 0.2) is 66.2 Å². The molecule has 1 unspecified atom stereocenters. The first-order valence-electron chi connectivity index (χ1n) is 8.51. The van der Waals surface area contributed by atoms with Gasteiger partial charge in [0.15, 0.2) is 0 Å². The van der Waals surface area contributed by atoms with E-state index in [0.29, 0.717) is 18.5 Å². The first kappa shape index (κ1) is 19.4. The molecule has 1 atom stereocenters. The molecule has 0 aliphatic rings. The fourth-order valence-corrected chi connectivity index (χ4v) is 2.73. The number of amides is 1. The van der Waals surface area contributed by atoms with Crippen molar-refractivity contribution in [2.45, 2.75) is 12.6 Å². The van der Waals surface area contributed by atoms with Gasteiger partial charge in [-0.25, -0.2) is 0 Å². The van der Waals surface area contributed by atoms with Gasteiger partial charge in [0.25, 0.3) is 5.91 Å². The third kappa shape index (κ3) is 4.79. The minimum atomic E-state index is -0.401. The van der Waals surface area contributed by atoms with Crippen molar-refractivity contribution in [2.24, 2.45) is 5.73 Å². The maximum absolute atomic E-state index is 12.9. The Labute approximate surface area is 154 Å². The molecular weight excluding hydrogens is 324 g/mol. The minimum absolute atomic E-state index is 0.0891. The molecule has 0 spiro atoms. The number of nitrogens with two attached hydrogens (primary N) is 1. The Morgan fingerprint density at radius 3 is 1.96 bits per heavy atom. The molecule has 134 valence electrons. The molecule has 5 heteroatoms. The molecule has 2 rings (SSSR count). The molecule has 0 aliphatic carbocycles. The number of benzene rings is 2. The van der Waals surface area contributed by atoms with E-state index in [2.05, 4.69) is 11.4 Å². The first-order valence-corrected chi connectivity index (χ1v) is 8.51. The van der Waals surface area contributed by atoms with E-state index in [9.17, 15) is 10.1 Å². The Morgan fingerprint density at radius 2 is 1.58 bits per heavy atom. The van der Waals surface area contributed by atoms with Crippen molar-refractivity contribution in [3.05, 3.63) is 77.4 Å². The zero-order chi connectivity index (χ0) is 18.9. The number of nitrogens with zero attached hydrogens (tertiary/aromatic N) is 2. The lowest BCUT2D eigenvalue weighted by atomic mass is 9.93. The highest BCUT2D eigenvalue weighted by molar-refractivity contribution is 6.08. The molecule has 0 bridgehead atoms. The number of carbonyl (C=O) groups is 1. The van der Waals surface area contributed by atoms with Crippen LogP contribution in [0, 0.1) is 11.3 Å². The van der Waals surface area contributed by atoms with Crippen LogP contribution in [0.5, 0.6) is 0 Å². The van der Waals surface area contributed by atoms with E-state index in [1.807, 2.05) is 79.7 Å². The summed E-state index contributed by atoms with van der Waals surface area (Å²) in [5.74, 6) is -0.401. The molecular formula is C21H24N4O. The number of hydrogen-bond acceptors (Lipinski definition) is 4. The van der Waals surface area contributed by atoms with Crippen LogP contribution in [0.2, 0.25) is 0 Å². The van der Waals surface area contributed by atoms with Gasteiger partial charge in [-0.05, 0) is 38.2 Å². The van der Waals surface area contributed by atoms with E-state index < -0.39 is 5.91 Å². The second kappa shape index (κ2) is 9.52. The van der Waals surface area contributed by atoms with Gasteiger partial charge in [0.1, 0.15) is 11.6 Å². The lowest BCUT2D eigenvalue weighted by Gasteiger charge is -2.25. The van der Waals surface area contributed by atoms with Gasteiger partial charge in [0, 0.05) is 5.57 Å². The summed E-state index contributed by atoms with van der Waals surface area (Å²) in [5.41, 5.74) is 8.00. The average Bonchev–Trinajstić information content (AvgIpc) is 2.66. The highest BCUT2D eigenvalue weighted by Gasteiger charge is 2.21. The fraction of sp³-hybridized carbons (Fsp3) is 0.238. The average molecular weight is 348 g/mol. The van der Waals surface area contributed by atoms with Crippen LogP contribution in [-0.4, -0.2) is 37.6 Å². The summed E-state index contributed by atoms with van der Waals surface area (Å²) < 4.78 is 0. The Morgan fingerprint density at radius 1 is 1.08 bits per heavy atom. The van der Waals surface area contributed by atoms with Crippen molar-refractivity contribution in [1.82, 2.24) is 10.2 Å². The molecule has 3 N–H and O–H groups in total. The van der Waals surface area contributed by atoms with Gasteiger partial charge in [-0.1, -0.05) is 60.7 Å². The highest BCUT2D eigenvalue weighted by Crippen LogP contribution is 2.27. The van der Waals surface area contributed by atoms with Gasteiger partial charge in [-0.2, -0.15) is 5.26 Å². The van der Waals surface area contributed by atoms with Crippen LogP contribution in [0.3, 0.4) is 0 Å². The van der Waals surface area contributed by atoms with Crippen molar-refractivity contribution in [3.8, 4) is 6.07 Å². The zero-order valence-electron chi connectivity index (χ0n) is 15.1. The van der Waals surface area contributed by atoms with Crippen molar-refractivity contribution < 1.29 is 4.79 Å². The van der Waals surface area contributed by atoms with Crippen LogP contribution in [0.25, 0.3) is 5.57 Å². The largest absolute Gasteiger partial charge is 0.336 e. The molecule has 2 aromatic carbocycles. The predicted octanol–water partition coefficient (Wildman–Crippen LogP) is 2.36. The van der Waals surface area contributed by atoms with E-state index in [-0.39, 0.29) is 11.7 Å².